The van der Waals surface area contributed by atoms with Gasteiger partial charge in [-0.25, -0.2) is 0 Å². The minimum absolute atomic E-state index is 0.490. The van der Waals surface area contributed by atoms with E-state index in [2.05, 4.69) is 41.5 Å². The van der Waals surface area contributed by atoms with E-state index in [0.29, 0.717) is 6.04 Å². The van der Waals surface area contributed by atoms with E-state index in [1.165, 1.54) is 0 Å². The molecule has 1 aromatic heterocycles. The lowest BCUT2D eigenvalue weighted by Crippen LogP contribution is -2.13. The van der Waals surface area contributed by atoms with Gasteiger partial charge in [-0.05, 0) is 19.4 Å². The highest BCUT2D eigenvalue weighted by atomic mass is 15.1. The van der Waals surface area contributed by atoms with Crippen molar-refractivity contribution in [1.82, 2.24) is 10.2 Å². The first-order chi connectivity index (χ1) is 6.81. The highest BCUT2D eigenvalue weighted by Gasteiger charge is 2.04. The number of aromatic amines is 1. The van der Waals surface area contributed by atoms with E-state index >= 15 is 0 Å². The fourth-order valence-electron chi connectivity index (χ4n) is 1.46. The molecule has 0 aliphatic heterocycles. The lowest BCUT2D eigenvalue weighted by molar-refractivity contribution is 0.765. The molecule has 2 N–H and O–H groups in total. The molecule has 3 heteroatoms. The van der Waals surface area contributed by atoms with Crippen molar-refractivity contribution < 1.29 is 0 Å². The van der Waals surface area contributed by atoms with Crippen LogP contribution in [0.25, 0.3) is 10.9 Å². The van der Waals surface area contributed by atoms with Crippen LogP contribution < -0.4 is 5.32 Å². The summed E-state index contributed by atoms with van der Waals surface area (Å²) in [6, 6.07) is 6.67. The van der Waals surface area contributed by atoms with Gasteiger partial charge in [0.1, 0.15) is 0 Å². The molecule has 0 amide bonds. The number of nitrogens with zero attached hydrogens (tertiary/aromatic N) is 1. The largest absolute Gasteiger partial charge is 0.381 e. The molecule has 2 aromatic rings. The van der Waals surface area contributed by atoms with Gasteiger partial charge in [0.05, 0.1) is 17.4 Å². The molecule has 2 rings (SSSR count). The predicted octanol–water partition coefficient (Wildman–Crippen LogP) is 2.77. The average molecular weight is 189 g/mol. The summed E-state index contributed by atoms with van der Waals surface area (Å²) >= 11 is 0. The Labute approximate surface area is 83.5 Å². The summed E-state index contributed by atoms with van der Waals surface area (Å²) in [6.45, 7) is 4.35. The van der Waals surface area contributed by atoms with Crippen LogP contribution in [0, 0.1) is 0 Å². The van der Waals surface area contributed by atoms with Gasteiger partial charge in [0.15, 0.2) is 0 Å². The van der Waals surface area contributed by atoms with E-state index in [9.17, 15) is 0 Å². The Hall–Kier alpha value is -1.51. The van der Waals surface area contributed by atoms with Gasteiger partial charge in [-0.15, -0.1) is 0 Å². The molecular formula is C11H15N3. The SMILES string of the molecule is CCC(C)Nc1cccc2cn[nH]c12. The second-order valence-electron chi connectivity index (χ2n) is 3.59. The van der Waals surface area contributed by atoms with Gasteiger partial charge >= 0.3 is 0 Å². The zero-order valence-corrected chi connectivity index (χ0v) is 8.54. The maximum Gasteiger partial charge on any atom is 0.0881 e. The number of hydrogen-bond donors (Lipinski definition) is 2. The van der Waals surface area contributed by atoms with Crippen LogP contribution in [-0.4, -0.2) is 16.2 Å². The van der Waals surface area contributed by atoms with E-state index in [0.717, 1.165) is 23.0 Å². The number of nitrogens with one attached hydrogen (secondary N) is 2. The van der Waals surface area contributed by atoms with Crippen molar-refractivity contribution in [2.24, 2.45) is 0 Å². The zero-order chi connectivity index (χ0) is 9.97. The first kappa shape index (κ1) is 9.06. The Morgan fingerprint density at radius 1 is 1.50 bits per heavy atom. The van der Waals surface area contributed by atoms with Crippen molar-refractivity contribution in [2.45, 2.75) is 26.3 Å². The molecule has 74 valence electrons. The Kier molecular flexibility index (Phi) is 2.39. The number of para-hydroxylation sites is 1. The van der Waals surface area contributed by atoms with E-state index < -0.39 is 0 Å². The zero-order valence-electron chi connectivity index (χ0n) is 8.54. The Morgan fingerprint density at radius 3 is 3.14 bits per heavy atom. The molecular weight excluding hydrogens is 174 g/mol. The molecule has 14 heavy (non-hydrogen) atoms. The molecule has 1 unspecified atom stereocenters. The van der Waals surface area contributed by atoms with Crippen LogP contribution in [0.15, 0.2) is 24.4 Å². The van der Waals surface area contributed by atoms with Crippen molar-refractivity contribution in [2.75, 3.05) is 5.32 Å². The monoisotopic (exact) mass is 189 g/mol. The number of hydrogen-bond acceptors (Lipinski definition) is 2. The molecule has 0 fully saturated rings. The molecule has 1 aromatic carbocycles. The topological polar surface area (TPSA) is 40.7 Å². The minimum Gasteiger partial charge on any atom is -0.381 e. The molecule has 0 saturated heterocycles. The minimum atomic E-state index is 0.490. The standard InChI is InChI=1S/C11H15N3/c1-3-8(2)13-10-6-4-5-9-7-12-14-11(9)10/h4-8,13H,3H2,1-2H3,(H,12,14). The van der Waals surface area contributed by atoms with Crippen molar-refractivity contribution in [3.63, 3.8) is 0 Å². The summed E-state index contributed by atoms with van der Waals surface area (Å²) in [5.41, 5.74) is 2.22. The van der Waals surface area contributed by atoms with Crippen molar-refractivity contribution in [3.8, 4) is 0 Å². The molecule has 0 saturated carbocycles. The van der Waals surface area contributed by atoms with Gasteiger partial charge in [-0.3, -0.25) is 5.10 Å². The van der Waals surface area contributed by atoms with E-state index in [1.54, 1.807) is 0 Å². The van der Waals surface area contributed by atoms with Crippen LogP contribution in [0.2, 0.25) is 0 Å². The molecule has 0 aliphatic carbocycles. The number of H-pyrrole nitrogens is 1. The third-order valence-corrected chi connectivity index (χ3v) is 2.49. The third-order valence-electron chi connectivity index (χ3n) is 2.49. The van der Waals surface area contributed by atoms with Crippen LogP contribution in [0.4, 0.5) is 5.69 Å². The maximum absolute atomic E-state index is 4.03. The third kappa shape index (κ3) is 1.58. The molecule has 0 spiro atoms. The fraction of sp³-hybridized carbons (Fsp3) is 0.364. The second kappa shape index (κ2) is 3.70. The summed E-state index contributed by atoms with van der Waals surface area (Å²) in [5.74, 6) is 0. The highest BCUT2D eigenvalue weighted by molar-refractivity contribution is 5.89. The fourth-order valence-corrected chi connectivity index (χ4v) is 1.46. The molecule has 0 bridgehead atoms. The molecule has 1 atom stereocenters. The first-order valence-corrected chi connectivity index (χ1v) is 5.00. The highest BCUT2D eigenvalue weighted by Crippen LogP contribution is 2.21. The lowest BCUT2D eigenvalue weighted by atomic mass is 10.2. The van der Waals surface area contributed by atoms with Crippen LogP contribution >= 0.6 is 0 Å². The van der Waals surface area contributed by atoms with Crippen LogP contribution in [-0.2, 0) is 0 Å². The number of anilines is 1. The van der Waals surface area contributed by atoms with E-state index in [1.807, 2.05) is 12.3 Å². The number of benzene rings is 1. The summed E-state index contributed by atoms with van der Waals surface area (Å²) in [6.07, 6.45) is 2.96. The smallest absolute Gasteiger partial charge is 0.0881 e. The number of rotatable bonds is 3. The predicted molar refractivity (Wildman–Crippen MR) is 59.5 cm³/mol. The van der Waals surface area contributed by atoms with Gasteiger partial charge < -0.3 is 5.32 Å². The lowest BCUT2D eigenvalue weighted by Gasteiger charge is -2.13. The van der Waals surface area contributed by atoms with Gasteiger partial charge in [0.25, 0.3) is 0 Å². The van der Waals surface area contributed by atoms with Gasteiger partial charge in [0, 0.05) is 11.4 Å². The van der Waals surface area contributed by atoms with Crippen LogP contribution in [0.3, 0.4) is 0 Å². The molecule has 1 heterocycles. The number of fused-ring (bicyclic) bond motifs is 1. The van der Waals surface area contributed by atoms with E-state index in [4.69, 9.17) is 0 Å². The van der Waals surface area contributed by atoms with Crippen LogP contribution in [0.1, 0.15) is 20.3 Å². The van der Waals surface area contributed by atoms with Gasteiger partial charge in [-0.2, -0.15) is 5.10 Å². The Morgan fingerprint density at radius 2 is 2.36 bits per heavy atom. The molecule has 0 aliphatic rings. The first-order valence-electron chi connectivity index (χ1n) is 5.00. The summed E-state index contributed by atoms with van der Waals surface area (Å²) in [4.78, 5) is 0. The van der Waals surface area contributed by atoms with E-state index in [-0.39, 0.29) is 0 Å². The van der Waals surface area contributed by atoms with Gasteiger partial charge in [-0.1, -0.05) is 19.1 Å². The van der Waals surface area contributed by atoms with Crippen molar-refractivity contribution in [1.29, 1.82) is 0 Å². The quantitative estimate of drug-likeness (QED) is 0.779. The number of aromatic nitrogens is 2. The Balaban J connectivity index is 2.36. The summed E-state index contributed by atoms with van der Waals surface area (Å²) < 4.78 is 0. The summed E-state index contributed by atoms with van der Waals surface area (Å²) in [7, 11) is 0. The Bertz CT molecular complexity index is 419. The second-order valence-corrected chi connectivity index (χ2v) is 3.59. The van der Waals surface area contributed by atoms with Gasteiger partial charge in [0.2, 0.25) is 0 Å². The molecule has 0 radical (unpaired) electrons. The van der Waals surface area contributed by atoms with Crippen molar-refractivity contribution >= 4 is 16.6 Å². The normalized spacial score (nSPS) is 13.0. The molecule has 3 nitrogen and oxygen atoms in total. The maximum atomic E-state index is 4.03. The summed E-state index contributed by atoms with van der Waals surface area (Å²) in [5, 5.41) is 11.6. The van der Waals surface area contributed by atoms with Crippen molar-refractivity contribution in [3.05, 3.63) is 24.4 Å². The average Bonchev–Trinajstić information content (AvgIpc) is 2.66. The van der Waals surface area contributed by atoms with Crippen LogP contribution in [0.5, 0.6) is 0 Å².